The second kappa shape index (κ2) is 2.61. The van der Waals surface area contributed by atoms with E-state index < -0.39 is 0 Å². The topological polar surface area (TPSA) is 35.2 Å². The quantitative estimate of drug-likeness (QED) is 0.624. The summed E-state index contributed by atoms with van der Waals surface area (Å²) in [5.74, 6) is 0.900. The molecule has 0 bridgehead atoms. The molecule has 0 aromatic carbocycles. The minimum absolute atomic E-state index is 0.186. The first-order chi connectivity index (χ1) is 5.05. The number of nitrogens with two attached hydrogens (primary N) is 1. The zero-order valence-electron chi connectivity index (χ0n) is 7.35. The molecule has 0 aromatic heterocycles. The predicted molar refractivity (Wildman–Crippen MR) is 45.8 cm³/mol. The second-order valence-corrected chi connectivity index (χ2v) is 3.27. The maximum atomic E-state index is 5.68. The van der Waals surface area contributed by atoms with E-state index in [-0.39, 0.29) is 5.60 Å². The lowest BCUT2D eigenvalue weighted by Gasteiger charge is -2.28. The van der Waals surface area contributed by atoms with Gasteiger partial charge < -0.3 is 10.5 Å². The lowest BCUT2D eigenvalue weighted by Crippen LogP contribution is -2.25. The molecule has 0 fully saturated rings. The Kier molecular flexibility index (Phi) is 1.94. The number of rotatable bonds is 1. The summed E-state index contributed by atoms with van der Waals surface area (Å²) in [6.45, 7) is 6.08. The molecule has 0 saturated carbocycles. The second-order valence-electron chi connectivity index (χ2n) is 3.27. The number of hydrogen-bond acceptors (Lipinski definition) is 2. The van der Waals surface area contributed by atoms with Gasteiger partial charge in [0.15, 0.2) is 0 Å². The summed E-state index contributed by atoms with van der Waals surface area (Å²) in [5, 5.41) is 0. The van der Waals surface area contributed by atoms with Crippen molar-refractivity contribution in [3.63, 3.8) is 0 Å². The summed E-state index contributed by atoms with van der Waals surface area (Å²) < 4.78 is 5.60. The molecule has 0 amide bonds. The highest BCUT2D eigenvalue weighted by atomic mass is 16.5. The molecule has 2 nitrogen and oxygen atoms in total. The lowest BCUT2D eigenvalue weighted by molar-refractivity contribution is 0.0675. The first-order valence-electron chi connectivity index (χ1n) is 3.92. The Morgan fingerprint density at radius 1 is 1.55 bits per heavy atom. The third kappa shape index (κ3) is 1.76. The Morgan fingerprint density at radius 3 is 2.64 bits per heavy atom. The van der Waals surface area contributed by atoms with E-state index in [9.17, 15) is 0 Å². The molecular weight excluding hydrogens is 138 g/mol. The molecule has 0 unspecified atom stereocenters. The molecule has 0 spiro atoms. The molecule has 0 saturated heterocycles. The van der Waals surface area contributed by atoms with Gasteiger partial charge in [0.1, 0.15) is 11.4 Å². The third-order valence-electron chi connectivity index (χ3n) is 1.69. The van der Waals surface area contributed by atoms with Gasteiger partial charge >= 0.3 is 0 Å². The number of ether oxygens (including phenoxy) is 1. The van der Waals surface area contributed by atoms with Crippen LogP contribution in [0.2, 0.25) is 0 Å². The van der Waals surface area contributed by atoms with Crippen molar-refractivity contribution in [2.45, 2.75) is 32.8 Å². The van der Waals surface area contributed by atoms with Gasteiger partial charge in [0.05, 0.1) is 5.70 Å². The van der Waals surface area contributed by atoms with Gasteiger partial charge in [-0.05, 0) is 26.0 Å². The summed E-state index contributed by atoms with van der Waals surface area (Å²) in [6.07, 6.45) is 4.75. The molecule has 0 aromatic rings. The monoisotopic (exact) mass is 153 g/mol. The fraction of sp³-hybridized carbons (Fsp3) is 0.556. The van der Waals surface area contributed by atoms with Crippen LogP contribution in [0.3, 0.4) is 0 Å². The van der Waals surface area contributed by atoms with E-state index in [4.69, 9.17) is 10.5 Å². The summed E-state index contributed by atoms with van der Waals surface area (Å²) in [6, 6.07) is 0. The van der Waals surface area contributed by atoms with E-state index in [1.807, 2.05) is 32.9 Å². The molecule has 0 radical (unpaired) electrons. The van der Waals surface area contributed by atoms with Crippen molar-refractivity contribution in [1.82, 2.24) is 0 Å². The van der Waals surface area contributed by atoms with E-state index >= 15 is 0 Å². The maximum Gasteiger partial charge on any atom is 0.122 e. The summed E-state index contributed by atoms with van der Waals surface area (Å²) in [7, 11) is 0. The third-order valence-corrected chi connectivity index (χ3v) is 1.69. The van der Waals surface area contributed by atoms with E-state index in [1.54, 1.807) is 0 Å². The minimum atomic E-state index is -0.186. The zero-order valence-corrected chi connectivity index (χ0v) is 7.35. The molecule has 2 N–H and O–H groups in total. The Morgan fingerprint density at radius 2 is 2.18 bits per heavy atom. The molecule has 0 atom stereocenters. The fourth-order valence-electron chi connectivity index (χ4n) is 1.07. The van der Waals surface area contributed by atoms with Crippen molar-refractivity contribution in [2.75, 3.05) is 0 Å². The first kappa shape index (κ1) is 8.18. The molecular formula is C9H15NO. The zero-order chi connectivity index (χ0) is 8.48. The molecule has 1 rings (SSSR count). The van der Waals surface area contributed by atoms with Gasteiger partial charge in [-0.3, -0.25) is 0 Å². The van der Waals surface area contributed by atoms with E-state index in [1.165, 1.54) is 0 Å². The standard InChI is InChI=1S/C9H15NO/c1-4-8-7(10)5-6-9(2,3)11-8/h5-6H,4,10H2,1-3H3. The molecule has 62 valence electrons. The van der Waals surface area contributed by atoms with Gasteiger partial charge in [0.2, 0.25) is 0 Å². The van der Waals surface area contributed by atoms with Crippen molar-refractivity contribution in [3.8, 4) is 0 Å². The van der Waals surface area contributed by atoms with E-state index in [0.29, 0.717) is 0 Å². The Bertz CT molecular complexity index is 214. The highest BCUT2D eigenvalue weighted by Gasteiger charge is 2.21. The molecule has 0 aliphatic carbocycles. The van der Waals surface area contributed by atoms with Crippen molar-refractivity contribution in [3.05, 3.63) is 23.6 Å². The normalized spacial score (nSPS) is 21.7. The van der Waals surface area contributed by atoms with Crippen LogP contribution >= 0.6 is 0 Å². The van der Waals surface area contributed by atoms with Gasteiger partial charge in [0, 0.05) is 6.42 Å². The van der Waals surface area contributed by atoms with Gasteiger partial charge in [-0.1, -0.05) is 6.92 Å². The fourth-order valence-corrected chi connectivity index (χ4v) is 1.07. The highest BCUT2D eigenvalue weighted by Crippen LogP contribution is 2.24. The Hall–Kier alpha value is -0.920. The number of allylic oxidation sites excluding steroid dienone is 2. The smallest absolute Gasteiger partial charge is 0.122 e. The first-order valence-corrected chi connectivity index (χ1v) is 3.92. The van der Waals surface area contributed by atoms with E-state index in [0.717, 1.165) is 17.9 Å². The van der Waals surface area contributed by atoms with Crippen molar-refractivity contribution in [2.24, 2.45) is 5.73 Å². The van der Waals surface area contributed by atoms with Gasteiger partial charge in [-0.2, -0.15) is 0 Å². The van der Waals surface area contributed by atoms with Gasteiger partial charge in [-0.25, -0.2) is 0 Å². The van der Waals surface area contributed by atoms with Gasteiger partial charge in [-0.15, -0.1) is 0 Å². The molecule has 11 heavy (non-hydrogen) atoms. The largest absolute Gasteiger partial charge is 0.486 e. The van der Waals surface area contributed by atoms with Crippen molar-refractivity contribution < 1.29 is 4.74 Å². The average Bonchev–Trinajstić information content (AvgIpc) is 1.94. The molecule has 1 aliphatic rings. The van der Waals surface area contributed by atoms with Crippen molar-refractivity contribution >= 4 is 0 Å². The number of hydrogen-bond donors (Lipinski definition) is 1. The summed E-state index contributed by atoms with van der Waals surface area (Å²) in [4.78, 5) is 0. The predicted octanol–water partition coefficient (Wildman–Crippen LogP) is 1.93. The summed E-state index contributed by atoms with van der Waals surface area (Å²) in [5.41, 5.74) is 6.25. The van der Waals surface area contributed by atoms with Crippen LogP contribution in [0.25, 0.3) is 0 Å². The molecule has 1 aliphatic heterocycles. The average molecular weight is 153 g/mol. The lowest BCUT2D eigenvalue weighted by atomic mass is 10.1. The molecule has 2 heteroatoms. The Balaban J connectivity index is 2.84. The van der Waals surface area contributed by atoms with Crippen LogP contribution < -0.4 is 5.73 Å². The van der Waals surface area contributed by atoms with Crippen LogP contribution in [0.15, 0.2) is 23.6 Å². The van der Waals surface area contributed by atoms with Crippen LogP contribution in [0.4, 0.5) is 0 Å². The van der Waals surface area contributed by atoms with Crippen LogP contribution in [-0.2, 0) is 4.74 Å². The van der Waals surface area contributed by atoms with E-state index in [2.05, 4.69) is 0 Å². The SMILES string of the molecule is CCC1=C(N)C=CC(C)(C)O1. The molecule has 1 heterocycles. The van der Waals surface area contributed by atoms with Crippen LogP contribution in [0, 0.1) is 0 Å². The summed E-state index contributed by atoms with van der Waals surface area (Å²) >= 11 is 0. The Labute approximate surface area is 67.7 Å². The van der Waals surface area contributed by atoms with Crippen LogP contribution in [0.1, 0.15) is 27.2 Å². The highest BCUT2D eigenvalue weighted by molar-refractivity contribution is 5.25. The van der Waals surface area contributed by atoms with Crippen LogP contribution in [-0.4, -0.2) is 5.60 Å². The van der Waals surface area contributed by atoms with Gasteiger partial charge in [0.25, 0.3) is 0 Å². The minimum Gasteiger partial charge on any atom is -0.486 e. The van der Waals surface area contributed by atoms with Crippen LogP contribution in [0.5, 0.6) is 0 Å². The maximum absolute atomic E-state index is 5.68. The van der Waals surface area contributed by atoms with Crippen molar-refractivity contribution in [1.29, 1.82) is 0 Å².